The largest absolute Gasteiger partial charge is 0.394 e. The lowest BCUT2D eigenvalue weighted by Crippen LogP contribution is -2.20. The first-order valence-electron chi connectivity index (χ1n) is 5.79. The van der Waals surface area contributed by atoms with Crippen LogP contribution in [0.4, 0.5) is 0 Å². The Morgan fingerprint density at radius 2 is 2.07 bits per heavy atom. The van der Waals surface area contributed by atoms with Crippen LogP contribution in [0, 0.1) is 10.8 Å². The smallest absolute Gasteiger partial charge is 0.138 e. The number of rotatable bonds is 10. The number of nitroso groups, excluding NO2 is 1. The fraction of sp³-hybridized carbons (Fsp3) is 1.00. The van der Waals surface area contributed by atoms with Crippen LogP contribution in [-0.4, -0.2) is 31.0 Å². The summed E-state index contributed by atoms with van der Waals surface area (Å²) in [4.78, 5) is 10.2. The zero-order chi connectivity index (χ0) is 11.5. The minimum Gasteiger partial charge on any atom is -0.394 e. The summed E-state index contributed by atoms with van der Waals surface area (Å²) >= 11 is 0. The Morgan fingerprint density at radius 1 is 1.33 bits per heavy atom. The number of unbranched alkanes of at least 4 members (excludes halogenated alkanes) is 1. The van der Waals surface area contributed by atoms with E-state index in [1.807, 2.05) is 0 Å². The molecule has 0 amide bonds. The summed E-state index contributed by atoms with van der Waals surface area (Å²) in [6.07, 6.45) is 4.69. The van der Waals surface area contributed by atoms with Crippen molar-refractivity contribution in [3.63, 3.8) is 0 Å². The van der Waals surface area contributed by atoms with E-state index in [1.54, 1.807) is 0 Å². The fourth-order valence-corrected chi connectivity index (χ4v) is 1.39. The van der Waals surface area contributed by atoms with Crippen molar-refractivity contribution in [3.05, 3.63) is 4.91 Å². The molecule has 0 aliphatic rings. The number of hydrogen-bond acceptors (Lipinski definition) is 4. The number of aliphatic hydroxyl groups is 1. The van der Waals surface area contributed by atoms with Gasteiger partial charge < -0.3 is 9.84 Å². The van der Waals surface area contributed by atoms with Gasteiger partial charge in [-0.25, -0.2) is 0 Å². The molecular formula is C11H23NO3. The van der Waals surface area contributed by atoms with Crippen molar-refractivity contribution < 1.29 is 9.84 Å². The summed E-state index contributed by atoms with van der Waals surface area (Å²) < 4.78 is 5.37. The first-order chi connectivity index (χ1) is 7.28. The molecular weight excluding hydrogens is 194 g/mol. The van der Waals surface area contributed by atoms with E-state index >= 15 is 0 Å². The topological polar surface area (TPSA) is 58.9 Å². The second kappa shape index (κ2) is 10.1. The molecule has 0 rings (SSSR count). The third kappa shape index (κ3) is 7.45. The van der Waals surface area contributed by atoms with Gasteiger partial charge >= 0.3 is 0 Å². The van der Waals surface area contributed by atoms with Gasteiger partial charge in [0.15, 0.2) is 0 Å². The van der Waals surface area contributed by atoms with Gasteiger partial charge in [-0.2, -0.15) is 4.91 Å². The van der Waals surface area contributed by atoms with Gasteiger partial charge in [0.1, 0.15) is 6.04 Å². The van der Waals surface area contributed by atoms with Crippen molar-refractivity contribution in [1.82, 2.24) is 0 Å². The minimum absolute atomic E-state index is 0.227. The Bertz CT molecular complexity index is 153. The van der Waals surface area contributed by atoms with Crippen molar-refractivity contribution in [2.45, 2.75) is 45.6 Å². The molecule has 0 heterocycles. The van der Waals surface area contributed by atoms with E-state index in [0.717, 1.165) is 6.42 Å². The molecule has 0 bridgehead atoms. The SMILES string of the molecule is CCCCC(CC)COCC(CO)N=O. The maximum atomic E-state index is 10.2. The lowest BCUT2D eigenvalue weighted by molar-refractivity contribution is 0.0710. The van der Waals surface area contributed by atoms with Gasteiger partial charge in [-0.1, -0.05) is 38.3 Å². The molecule has 90 valence electrons. The molecule has 2 unspecified atom stereocenters. The Morgan fingerprint density at radius 3 is 2.53 bits per heavy atom. The van der Waals surface area contributed by atoms with Crippen LogP contribution < -0.4 is 0 Å². The van der Waals surface area contributed by atoms with E-state index in [9.17, 15) is 4.91 Å². The molecule has 4 heteroatoms. The molecule has 0 radical (unpaired) electrons. The molecule has 0 saturated carbocycles. The fourth-order valence-electron chi connectivity index (χ4n) is 1.39. The van der Waals surface area contributed by atoms with Gasteiger partial charge in [0, 0.05) is 6.61 Å². The van der Waals surface area contributed by atoms with Crippen LogP contribution in [0.2, 0.25) is 0 Å². The normalized spacial score (nSPS) is 14.9. The Kier molecular flexibility index (Phi) is 9.73. The quantitative estimate of drug-likeness (QED) is 0.571. The van der Waals surface area contributed by atoms with E-state index < -0.39 is 6.04 Å². The third-order valence-corrected chi connectivity index (χ3v) is 2.57. The van der Waals surface area contributed by atoms with Crippen LogP contribution in [0.25, 0.3) is 0 Å². The van der Waals surface area contributed by atoms with Crippen LogP contribution in [0.3, 0.4) is 0 Å². The Hall–Kier alpha value is -0.480. The highest BCUT2D eigenvalue weighted by Gasteiger charge is 2.10. The van der Waals surface area contributed by atoms with Crippen molar-refractivity contribution in [2.75, 3.05) is 19.8 Å². The number of nitrogens with zero attached hydrogens (tertiary/aromatic N) is 1. The monoisotopic (exact) mass is 217 g/mol. The molecule has 0 aliphatic carbocycles. The van der Waals surface area contributed by atoms with Crippen LogP contribution in [-0.2, 0) is 4.74 Å². The average Bonchev–Trinajstić information content (AvgIpc) is 2.28. The summed E-state index contributed by atoms with van der Waals surface area (Å²) in [5, 5.41) is 11.5. The summed E-state index contributed by atoms with van der Waals surface area (Å²) in [5.74, 6) is 0.566. The first kappa shape index (κ1) is 14.5. The van der Waals surface area contributed by atoms with Gasteiger partial charge in [0.25, 0.3) is 0 Å². The van der Waals surface area contributed by atoms with E-state index in [4.69, 9.17) is 9.84 Å². The van der Waals surface area contributed by atoms with Gasteiger partial charge in [-0.3, -0.25) is 0 Å². The molecule has 2 atom stereocenters. The lowest BCUT2D eigenvalue weighted by Gasteiger charge is -2.15. The predicted molar refractivity (Wildman–Crippen MR) is 60.8 cm³/mol. The number of ether oxygens (including phenoxy) is 1. The second-order valence-electron chi connectivity index (χ2n) is 3.90. The van der Waals surface area contributed by atoms with Gasteiger partial charge in [-0.15, -0.1) is 0 Å². The molecule has 0 aromatic rings. The predicted octanol–water partition coefficient (Wildman–Crippen LogP) is 2.35. The Labute approximate surface area is 92.0 Å². The number of hydrogen-bond donors (Lipinski definition) is 1. The van der Waals surface area contributed by atoms with Gasteiger partial charge in [0.05, 0.1) is 13.2 Å². The zero-order valence-electron chi connectivity index (χ0n) is 9.82. The average molecular weight is 217 g/mol. The molecule has 0 fully saturated rings. The highest BCUT2D eigenvalue weighted by molar-refractivity contribution is 4.63. The highest BCUT2D eigenvalue weighted by Crippen LogP contribution is 2.12. The van der Waals surface area contributed by atoms with Crippen LogP contribution in [0.5, 0.6) is 0 Å². The standard InChI is InChI=1S/C11H23NO3/c1-3-5-6-10(4-2)8-15-9-11(7-13)12-14/h10-11,13H,3-9H2,1-2H3. The zero-order valence-corrected chi connectivity index (χ0v) is 9.82. The molecule has 15 heavy (non-hydrogen) atoms. The first-order valence-corrected chi connectivity index (χ1v) is 5.79. The molecule has 4 nitrogen and oxygen atoms in total. The maximum Gasteiger partial charge on any atom is 0.138 e. The molecule has 0 aromatic heterocycles. The van der Waals surface area contributed by atoms with Crippen LogP contribution in [0.15, 0.2) is 5.18 Å². The van der Waals surface area contributed by atoms with Crippen LogP contribution >= 0.6 is 0 Å². The molecule has 1 N–H and O–H groups in total. The van der Waals surface area contributed by atoms with E-state index in [1.165, 1.54) is 19.3 Å². The molecule has 0 spiro atoms. The summed E-state index contributed by atoms with van der Waals surface area (Å²) in [6, 6.07) is -0.603. The van der Waals surface area contributed by atoms with Crippen molar-refractivity contribution in [3.8, 4) is 0 Å². The third-order valence-electron chi connectivity index (χ3n) is 2.57. The molecule has 0 saturated heterocycles. The summed E-state index contributed by atoms with van der Waals surface area (Å²) in [7, 11) is 0. The van der Waals surface area contributed by atoms with Crippen LogP contribution in [0.1, 0.15) is 39.5 Å². The molecule has 0 aromatic carbocycles. The summed E-state index contributed by atoms with van der Waals surface area (Å²) in [5.41, 5.74) is 0. The van der Waals surface area contributed by atoms with Gasteiger partial charge in [-0.05, 0) is 12.3 Å². The minimum atomic E-state index is -0.603. The van der Waals surface area contributed by atoms with E-state index in [0.29, 0.717) is 12.5 Å². The summed E-state index contributed by atoms with van der Waals surface area (Å²) in [6.45, 7) is 5.00. The number of aliphatic hydroxyl groups excluding tert-OH is 1. The highest BCUT2D eigenvalue weighted by atomic mass is 16.5. The lowest BCUT2D eigenvalue weighted by atomic mass is 10.0. The van der Waals surface area contributed by atoms with E-state index in [2.05, 4.69) is 19.0 Å². The van der Waals surface area contributed by atoms with Crippen molar-refractivity contribution >= 4 is 0 Å². The second-order valence-corrected chi connectivity index (χ2v) is 3.90. The van der Waals surface area contributed by atoms with Crippen molar-refractivity contribution in [1.29, 1.82) is 0 Å². The van der Waals surface area contributed by atoms with Crippen molar-refractivity contribution in [2.24, 2.45) is 11.1 Å². The Balaban J connectivity index is 3.56. The molecule has 0 aliphatic heterocycles. The van der Waals surface area contributed by atoms with E-state index in [-0.39, 0.29) is 13.2 Å². The van der Waals surface area contributed by atoms with Gasteiger partial charge in [0.2, 0.25) is 0 Å². The maximum absolute atomic E-state index is 10.2.